The van der Waals surface area contributed by atoms with Crippen molar-refractivity contribution in [1.82, 2.24) is 0 Å². The molecule has 0 atom stereocenters. The predicted octanol–water partition coefficient (Wildman–Crippen LogP) is -5.89. The summed E-state index contributed by atoms with van der Waals surface area (Å²) in [5.41, 5.74) is 0. The average molecular weight is 79.8 g/mol. The average Bonchev–Trinajstić information content (AvgIpc) is 1.00. The van der Waals surface area contributed by atoms with E-state index in [4.69, 9.17) is 3.32 Å². The van der Waals surface area contributed by atoms with E-state index in [1.165, 1.54) is 0 Å². The molecule has 0 aliphatic rings. The van der Waals surface area contributed by atoms with Gasteiger partial charge in [0, 0.05) is 0 Å². The summed E-state index contributed by atoms with van der Waals surface area (Å²) in [7, 11) is 0. The van der Waals surface area contributed by atoms with Crippen LogP contribution >= 0.6 is 0 Å². The summed E-state index contributed by atoms with van der Waals surface area (Å²) in [6, 6.07) is 0. The Hall–Kier alpha value is 1.71. The van der Waals surface area contributed by atoms with Crippen LogP contribution < -0.4 is 37.7 Å². The molecule has 0 aromatic heterocycles. The van der Waals surface area contributed by atoms with Crippen LogP contribution in [0.3, 0.4) is 0 Å². The molecule has 0 heterocycles. The van der Waals surface area contributed by atoms with Crippen LogP contribution in [0, 0.1) is 0 Å². The molecule has 0 N–H and O–H groups in total. The maximum absolute atomic E-state index is 8.25. The van der Waals surface area contributed by atoms with Gasteiger partial charge in [0.15, 0.2) is 0 Å². The molecular formula is H2Li2OTi. The second kappa shape index (κ2) is 22.2. The molecule has 4 heavy (non-hydrogen) atoms. The molecule has 1 nitrogen and oxygen atoms in total. The Labute approximate surface area is 64.0 Å². The summed E-state index contributed by atoms with van der Waals surface area (Å²) >= 11 is 0.750. The molecule has 0 saturated carbocycles. The van der Waals surface area contributed by atoms with Gasteiger partial charge in [-0.25, -0.2) is 0 Å². The van der Waals surface area contributed by atoms with Crippen LogP contribution in [0.25, 0.3) is 0 Å². The molecule has 0 spiro atoms. The molecule has 0 bridgehead atoms. The number of hydrogen-bond donors (Lipinski definition) is 0. The summed E-state index contributed by atoms with van der Waals surface area (Å²) in [5.74, 6) is 0. The second-order valence-electron chi connectivity index (χ2n) is 0. The Bertz CT molecular complexity index is 11.5. The zero-order valence-corrected chi connectivity index (χ0v) is 4.47. The third kappa shape index (κ3) is 9.32. The molecule has 0 unspecified atom stereocenters. The first-order chi connectivity index (χ1) is 1.00. The van der Waals surface area contributed by atoms with Gasteiger partial charge in [0.2, 0.25) is 0 Å². The van der Waals surface area contributed by atoms with Crippen molar-refractivity contribution in [3.63, 3.8) is 0 Å². The number of rotatable bonds is 0. The molecule has 0 aliphatic carbocycles. The van der Waals surface area contributed by atoms with Crippen LogP contribution in [0.4, 0.5) is 0 Å². The summed E-state index contributed by atoms with van der Waals surface area (Å²) in [4.78, 5) is 0. The van der Waals surface area contributed by atoms with Crippen LogP contribution in [-0.4, -0.2) is 0 Å². The first kappa shape index (κ1) is 17.3. The van der Waals surface area contributed by atoms with Gasteiger partial charge in [-0.1, -0.05) is 0 Å². The van der Waals surface area contributed by atoms with E-state index in [1.807, 2.05) is 0 Å². The summed E-state index contributed by atoms with van der Waals surface area (Å²) < 4.78 is 8.25. The summed E-state index contributed by atoms with van der Waals surface area (Å²) in [6.07, 6.45) is 0. The predicted molar refractivity (Wildman–Crippen MR) is 2.91 cm³/mol. The molecule has 0 radical (unpaired) electrons. The first-order valence-corrected chi connectivity index (χ1v) is 0.842. The van der Waals surface area contributed by atoms with E-state index in [2.05, 4.69) is 0 Å². The standard InChI is InChI=1S/2Li.O.Ti.2H/q2*+1;;;2*-1. The van der Waals surface area contributed by atoms with E-state index in [-0.39, 0.29) is 40.6 Å². The Morgan fingerprint density at radius 1 is 1.25 bits per heavy atom. The second-order valence-corrected chi connectivity index (χ2v) is 0. The quantitative estimate of drug-likeness (QED) is 0.265. The molecule has 0 amide bonds. The van der Waals surface area contributed by atoms with Crippen molar-refractivity contribution >= 4 is 0 Å². The van der Waals surface area contributed by atoms with E-state index >= 15 is 0 Å². The van der Waals surface area contributed by atoms with Gasteiger partial charge in [-0.3, -0.25) is 0 Å². The SMILES string of the molecule is [H-].[H-].[Li+].[Li+].[O]=[Ti]. The van der Waals surface area contributed by atoms with E-state index in [1.54, 1.807) is 0 Å². The molecule has 0 rings (SSSR count). The van der Waals surface area contributed by atoms with Crippen molar-refractivity contribution in [1.29, 1.82) is 0 Å². The van der Waals surface area contributed by atoms with Gasteiger partial charge in [-0.15, -0.1) is 0 Å². The van der Waals surface area contributed by atoms with Gasteiger partial charge < -0.3 is 2.85 Å². The maximum atomic E-state index is 8.25. The molecule has 0 aromatic rings. The van der Waals surface area contributed by atoms with E-state index in [9.17, 15) is 0 Å². The van der Waals surface area contributed by atoms with Gasteiger partial charge in [0.05, 0.1) is 0 Å². The molecule has 0 saturated heterocycles. The van der Waals surface area contributed by atoms with Crippen LogP contribution in [0.2, 0.25) is 0 Å². The van der Waals surface area contributed by atoms with Crippen molar-refractivity contribution in [2.24, 2.45) is 0 Å². The summed E-state index contributed by atoms with van der Waals surface area (Å²) in [5, 5.41) is 0. The fraction of sp³-hybridized carbons (Fsp3) is 0. The van der Waals surface area contributed by atoms with Gasteiger partial charge >= 0.3 is 61.5 Å². The Morgan fingerprint density at radius 2 is 1.25 bits per heavy atom. The first-order valence-electron chi connectivity index (χ1n) is 0.204. The van der Waals surface area contributed by atoms with E-state index in [0.29, 0.717) is 0 Å². The van der Waals surface area contributed by atoms with E-state index < -0.39 is 0 Å². The normalized spacial score (nSPS) is 0.750. The van der Waals surface area contributed by atoms with E-state index in [0.717, 1.165) is 20.4 Å². The summed E-state index contributed by atoms with van der Waals surface area (Å²) in [6.45, 7) is 0. The fourth-order valence-electron chi connectivity index (χ4n) is 0. The monoisotopic (exact) mass is 80.0 g/mol. The van der Waals surface area contributed by atoms with Crippen molar-refractivity contribution in [2.75, 3.05) is 0 Å². The molecule has 0 fully saturated rings. The minimum atomic E-state index is 0. The molecule has 4 heteroatoms. The minimum absolute atomic E-state index is 0. The third-order valence-corrected chi connectivity index (χ3v) is 0. The van der Waals surface area contributed by atoms with Crippen molar-refractivity contribution in [2.45, 2.75) is 0 Å². The van der Waals surface area contributed by atoms with Gasteiger partial charge in [0.1, 0.15) is 0 Å². The number of hydrogen-bond acceptors (Lipinski definition) is 1. The fourth-order valence-corrected chi connectivity index (χ4v) is 0. The Kier molecular flexibility index (Phi) is 95.6. The van der Waals surface area contributed by atoms with Gasteiger partial charge in [-0.05, 0) is 0 Å². The van der Waals surface area contributed by atoms with Crippen molar-refractivity contribution in [3.05, 3.63) is 0 Å². The van der Waals surface area contributed by atoms with Crippen LogP contribution in [0.5, 0.6) is 0 Å². The van der Waals surface area contributed by atoms with Gasteiger partial charge in [0.25, 0.3) is 0 Å². The van der Waals surface area contributed by atoms with Crippen LogP contribution in [-0.2, 0) is 23.7 Å². The van der Waals surface area contributed by atoms with Crippen molar-refractivity contribution < 1.29 is 64.3 Å². The van der Waals surface area contributed by atoms with Crippen LogP contribution in [0.1, 0.15) is 2.85 Å². The third-order valence-electron chi connectivity index (χ3n) is 0. The Balaban J connectivity index is -0.000000000833. The van der Waals surface area contributed by atoms with Gasteiger partial charge in [-0.2, -0.15) is 0 Å². The topological polar surface area (TPSA) is 17.1 Å². The molecule has 14 valence electrons. The molecular weight excluding hydrogens is 77.7 g/mol. The Morgan fingerprint density at radius 3 is 1.25 bits per heavy atom. The van der Waals surface area contributed by atoms with Crippen molar-refractivity contribution in [3.8, 4) is 0 Å². The zero-order valence-electron chi connectivity index (χ0n) is 4.91. The zero-order chi connectivity index (χ0) is 2.00. The molecule has 0 aliphatic heterocycles. The molecule has 0 aromatic carbocycles. The van der Waals surface area contributed by atoms with Crippen LogP contribution in [0.15, 0.2) is 0 Å².